The van der Waals surface area contributed by atoms with E-state index in [1.165, 1.54) is 22.3 Å². The summed E-state index contributed by atoms with van der Waals surface area (Å²) in [7, 11) is 0. The third kappa shape index (κ3) is 5.00. The van der Waals surface area contributed by atoms with Gasteiger partial charge in [0.1, 0.15) is 0 Å². The van der Waals surface area contributed by atoms with Crippen LogP contribution in [0.4, 0.5) is 0 Å². The molecule has 0 fully saturated rings. The summed E-state index contributed by atoms with van der Waals surface area (Å²) in [4.78, 5) is 0. The second kappa shape index (κ2) is 12.3. The molecule has 1 aliphatic heterocycles. The summed E-state index contributed by atoms with van der Waals surface area (Å²) in [6, 6.07) is 57.7. The standard InChI is InChI=1S/C47H32N2O2/c48-41(31-14-4-1-5-15-31)25-26-42(49)37-22-11-10-20-35(37)32-24-27-43-44(28-32)51-45-29-38-36-21-12-13-23-39(36)47(33-16-6-2-7-17-33,34-18-8-3-9-19-34)40(38)30-46(45)50-43/h1-30,48-49H/b26-25-,48-41?,49-42?. The Morgan fingerprint density at radius 1 is 0.431 bits per heavy atom. The Kier molecular flexibility index (Phi) is 7.29. The molecule has 4 heteroatoms. The van der Waals surface area contributed by atoms with Gasteiger partial charge in [-0.1, -0.05) is 146 Å². The lowest BCUT2D eigenvalue weighted by Gasteiger charge is -2.34. The molecule has 0 bridgehead atoms. The van der Waals surface area contributed by atoms with E-state index in [9.17, 15) is 0 Å². The molecule has 1 heterocycles. The highest BCUT2D eigenvalue weighted by molar-refractivity contribution is 6.16. The number of nitrogens with one attached hydrogen (secondary N) is 2. The predicted molar refractivity (Wildman–Crippen MR) is 205 cm³/mol. The van der Waals surface area contributed by atoms with E-state index in [1.54, 1.807) is 12.2 Å². The van der Waals surface area contributed by atoms with Crippen LogP contribution >= 0.6 is 0 Å². The summed E-state index contributed by atoms with van der Waals surface area (Å²) >= 11 is 0. The van der Waals surface area contributed by atoms with Crippen molar-refractivity contribution in [1.82, 2.24) is 0 Å². The van der Waals surface area contributed by atoms with Gasteiger partial charge in [0.05, 0.1) is 16.8 Å². The molecule has 4 nitrogen and oxygen atoms in total. The average molecular weight is 657 g/mol. The molecule has 0 amide bonds. The first-order valence-electron chi connectivity index (χ1n) is 17.0. The lowest BCUT2D eigenvalue weighted by molar-refractivity contribution is 0.359. The summed E-state index contributed by atoms with van der Waals surface area (Å²) in [6.45, 7) is 0. The largest absolute Gasteiger partial charge is 0.450 e. The number of ether oxygens (including phenoxy) is 2. The minimum Gasteiger partial charge on any atom is -0.450 e. The Labute approximate surface area is 296 Å². The molecular weight excluding hydrogens is 625 g/mol. The molecule has 0 radical (unpaired) electrons. The number of hydrogen-bond donors (Lipinski definition) is 2. The minimum atomic E-state index is -0.529. The Morgan fingerprint density at radius 3 is 1.71 bits per heavy atom. The highest BCUT2D eigenvalue weighted by atomic mass is 16.6. The maximum absolute atomic E-state index is 8.91. The van der Waals surface area contributed by atoms with Crippen molar-refractivity contribution in [2.24, 2.45) is 0 Å². The summed E-state index contributed by atoms with van der Waals surface area (Å²) < 4.78 is 13.3. The van der Waals surface area contributed by atoms with Gasteiger partial charge >= 0.3 is 0 Å². The van der Waals surface area contributed by atoms with Gasteiger partial charge in [-0.25, -0.2) is 0 Å². The van der Waals surface area contributed by atoms with Gasteiger partial charge in [-0.15, -0.1) is 0 Å². The maximum Gasteiger partial charge on any atom is 0.170 e. The van der Waals surface area contributed by atoms with Crippen LogP contribution in [0, 0.1) is 10.8 Å². The molecule has 1 aliphatic carbocycles. The van der Waals surface area contributed by atoms with E-state index in [-0.39, 0.29) is 0 Å². The Hall–Kier alpha value is -6.78. The molecule has 0 unspecified atom stereocenters. The van der Waals surface area contributed by atoms with Crippen LogP contribution in [0.25, 0.3) is 22.3 Å². The number of benzene rings is 7. The molecule has 51 heavy (non-hydrogen) atoms. The molecule has 0 saturated carbocycles. The third-order valence-corrected chi connectivity index (χ3v) is 9.94. The van der Waals surface area contributed by atoms with Gasteiger partial charge in [0.2, 0.25) is 0 Å². The van der Waals surface area contributed by atoms with Crippen molar-refractivity contribution >= 4 is 11.4 Å². The number of fused-ring (bicyclic) bond motifs is 5. The van der Waals surface area contributed by atoms with Gasteiger partial charge in [-0.2, -0.15) is 0 Å². The van der Waals surface area contributed by atoms with E-state index in [1.807, 2.05) is 72.8 Å². The highest BCUT2D eigenvalue weighted by Gasteiger charge is 2.47. The molecule has 0 atom stereocenters. The number of hydrogen-bond acceptors (Lipinski definition) is 4. The first-order chi connectivity index (χ1) is 25.1. The van der Waals surface area contributed by atoms with E-state index >= 15 is 0 Å². The zero-order valence-electron chi connectivity index (χ0n) is 27.6. The van der Waals surface area contributed by atoms with Crippen molar-refractivity contribution in [2.75, 3.05) is 0 Å². The second-order valence-electron chi connectivity index (χ2n) is 12.8. The fourth-order valence-electron chi connectivity index (χ4n) is 7.62. The first-order valence-corrected chi connectivity index (χ1v) is 17.0. The first kappa shape index (κ1) is 30.3. The third-order valence-electron chi connectivity index (χ3n) is 9.94. The van der Waals surface area contributed by atoms with Crippen molar-refractivity contribution in [3.63, 3.8) is 0 Å². The molecule has 7 aromatic rings. The van der Waals surface area contributed by atoms with E-state index in [0.717, 1.165) is 33.4 Å². The van der Waals surface area contributed by atoms with Crippen molar-refractivity contribution in [3.05, 3.63) is 215 Å². The van der Waals surface area contributed by atoms with Crippen LogP contribution in [0.3, 0.4) is 0 Å². The predicted octanol–water partition coefficient (Wildman–Crippen LogP) is 11.6. The summed E-state index contributed by atoms with van der Waals surface area (Å²) in [5.41, 5.74) is 10.6. The quantitative estimate of drug-likeness (QED) is 0.168. The lowest BCUT2D eigenvalue weighted by atomic mass is 9.67. The van der Waals surface area contributed by atoms with E-state index < -0.39 is 5.41 Å². The second-order valence-corrected chi connectivity index (χ2v) is 12.8. The topological polar surface area (TPSA) is 66.2 Å². The van der Waals surface area contributed by atoms with Crippen LogP contribution in [0.5, 0.6) is 23.0 Å². The fourth-order valence-corrected chi connectivity index (χ4v) is 7.62. The molecule has 2 aliphatic rings. The zero-order valence-corrected chi connectivity index (χ0v) is 27.6. The smallest absolute Gasteiger partial charge is 0.170 e. The van der Waals surface area contributed by atoms with E-state index in [4.69, 9.17) is 20.3 Å². The van der Waals surface area contributed by atoms with Crippen molar-refractivity contribution in [3.8, 4) is 45.3 Å². The molecule has 9 rings (SSSR count). The SMILES string of the molecule is N=C(/C=C\C(=N)c1ccccc1-c1ccc2c(c1)Oc1cc3c(cc1O2)C(c1ccccc1)(c1ccccc1)c1ccccc1-3)c1ccccc1. The van der Waals surface area contributed by atoms with Crippen LogP contribution in [0.2, 0.25) is 0 Å². The van der Waals surface area contributed by atoms with Crippen LogP contribution < -0.4 is 9.47 Å². The molecule has 2 N–H and O–H groups in total. The molecule has 242 valence electrons. The highest BCUT2D eigenvalue weighted by Crippen LogP contribution is 2.59. The van der Waals surface area contributed by atoms with E-state index in [2.05, 4.69) is 97.1 Å². The zero-order chi connectivity index (χ0) is 34.4. The van der Waals surface area contributed by atoms with Gasteiger partial charge in [0.15, 0.2) is 23.0 Å². The molecule has 0 spiro atoms. The van der Waals surface area contributed by atoms with Crippen LogP contribution in [0.1, 0.15) is 33.4 Å². The monoisotopic (exact) mass is 656 g/mol. The molecule has 0 aromatic heterocycles. The normalized spacial score (nSPS) is 13.3. The van der Waals surface area contributed by atoms with E-state index in [0.29, 0.717) is 34.4 Å². The maximum atomic E-state index is 8.91. The van der Waals surface area contributed by atoms with Crippen LogP contribution in [-0.4, -0.2) is 11.4 Å². The molecular formula is C47H32N2O2. The summed E-state index contributed by atoms with van der Waals surface area (Å²) in [5.74, 6) is 2.58. The molecule has 0 saturated heterocycles. The van der Waals surface area contributed by atoms with Gasteiger partial charge in [-0.3, -0.25) is 0 Å². The van der Waals surface area contributed by atoms with Crippen molar-refractivity contribution in [2.45, 2.75) is 5.41 Å². The Balaban J connectivity index is 1.10. The Bertz CT molecular complexity index is 2460. The van der Waals surface area contributed by atoms with Gasteiger partial charge < -0.3 is 20.3 Å². The van der Waals surface area contributed by atoms with Gasteiger partial charge in [-0.05, 0) is 86.5 Å². The van der Waals surface area contributed by atoms with Crippen LogP contribution in [-0.2, 0) is 5.41 Å². The Morgan fingerprint density at radius 2 is 0.980 bits per heavy atom. The van der Waals surface area contributed by atoms with Crippen molar-refractivity contribution < 1.29 is 9.47 Å². The minimum absolute atomic E-state index is 0.320. The molecule has 7 aromatic carbocycles. The average Bonchev–Trinajstić information content (AvgIpc) is 3.48. The van der Waals surface area contributed by atoms with Crippen LogP contribution in [0.15, 0.2) is 182 Å². The summed E-state index contributed by atoms with van der Waals surface area (Å²) in [6.07, 6.45) is 3.36. The number of rotatable bonds is 7. The lowest BCUT2D eigenvalue weighted by Crippen LogP contribution is -2.28. The van der Waals surface area contributed by atoms with Crippen molar-refractivity contribution in [1.29, 1.82) is 10.8 Å². The fraction of sp³-hybridized carbons (Fsp3) is 0.0213. The van der Waals surface area contributed by atoms with Gasteiger partial charge in [0.25, 0.3) is 0 Å². The number of allylic oxidation sites excluding steroid dienone is 2. The summed E-state index contributed by atoms with van der Waals surface area (Å²) in [5, 5.41) is 17.4. The van der Waals surface area contributed by atoms with Gasteiger partial charge in [0, 0.05) is 5.56 Å².